The van der Waals surface area contributed by atoms with Crippen molar-refractivity contribution in [3.05, 3.63) is 126 Å². The van der Waals surface area contributed by atoms with Crippen molar-refractivity contribution in [2.45, 2.75) is 58.3 Å². The predicted octanol–water partition coefficient (Wildman–Crippen LogP) is 12.5. The summed E-state index contributed by atoms with van der Waals surface area (Å²) in [7, 11) is 0. The summed E-state index contributed by atoms with van der Waals surface area (Å²) in [6, 6.07) is 42.0. The standard InChI is InChI=1S/C47H37BN2S2/c1-26-23-34-35(47(4,5)22-21-46(34,2)3)25-36(26)49-41-28-14-7-6-13-27(28)24-33-29-17-12-18-32-40(29)50(42-30-15-8-10-19-37(30)51-44(32)42)48(39(33)41)45-43(49)31-16-9-11-20-38(31)52-45/h6-20,23-25H,21-22H2,1-5H3. The SMILES string of the molecule is Cc1cc2c(cc1N1c3c4c(cc5ccccc35)-c3cccc5c6sc7ccccc7c6n(c35)B4c3sc4ccccc4c31)C(C)(C)CCC2(C)C. The maximum Gasteiger partial charge on any atom is 0.343 e. The van der Waals surface area contributed by atoms with E-state index in [9.17, 15) is 0 Å². The van der Waals surface area contributed by atoms with E-state index in [1.165, 1.54) is 120 Å². The predicted molar refractivity (Wildman–Crippen MR) is 228 cm³/mol. The fourth-order valence-electron chi connectivity index (χ4n) is 10.3. The van der Waals surface area contributed by atoms with Crippen LogP contribution < -0.4 is 15.1 Å². The summed E-state index contributed by atoms with van der Waals surface area (Å²) in [6.07, 6.45) is 2.41. The van der Waals surface area contributed by atoms with Crippen molar-refractivity contribution in [3.8, 4) is 11.1 Å². The van der Waals surface area contributed by atoms with Crippen LogP contribution in [0.1, 0.15) is 57.2 Å². The molecule has 0 N–H and O–H groups in total. The molecule has 1 aliphatic carbocycles. The van der Waals surface area contributed by atoms with Gasteiger partial charge < -0.3 is 9.38 Å². The Labute approximate surface area is 312 Å². The van der Waals surface area contributed by atoms with Crippen LogP contribution in [-0.2, 0) is 10.8 Å². The Morgan fingerprint density at radius 3 is 2.04 bits per heavy atom. The second-order valence-corrected chi connectivity index (χ2v) is 18.9. The number of thiophene rings is 2. The van der Waals surface area contributed by atoms with Crippen LogP contribution in [-0.4, -0.2) is 11.3 Å². The Morgan fingerprint density at radius 2 is 1.25 bits per heavy atom. The molecule has 0 saturated heterocycles. The van der Waals surface area contributed by atoms with Gasteiger partial charge in [-0.1, -0.05) is 113 Å². The maximum atomic E-state index is 2.76. The topological polar surface area (TPSA) is 8.17 Å². The molecule has 0 radical (unpaired) electrons. The van der Waals surface area contributed by atoms with E-state index in [0.29, 0.717) is 0 Å². The highest BCUT2D eigenvalue weighted by atomic mass is 32.1. The fraction of sp³-hybridized carbons (Fsp3) is 0.191. The number of nitrogens with zero attached hydrogens (tertiary/aromatic N) is 2. The van der Waals surface area contributed by atoms with E-state index in [1.807, 2.05) is 22.7 Å². The minimum atomic E-state index is 0.0551. The van der Waals surface area contributed by atoms with E-state index < -0.39 is 0 Å². The zero-order chi connectivity index (χ0) is 34.8. The average molecular weight is 705 g/mol. The third-order valence-corrected chi connectivity index (χ3v) is 15.3. The third kappa shape index (κ3) is 3.57. The number of para-hydroxylation sites is 1. The first-order valence-corrected chi connectivity index (χ1v) is 20.3. The van der Waals surface area contributed by atoms with Gasteiger partial charge in [-0.2, -0.15) is 0 Å². The lowest BCUT2D eigenvalue weighted by molar-refractivity contribution is 0.332. The molecule has 12 rings (SSSR count). The average Bonchev–Trinajstić information content (AvgIpc) is 3.82. The summed E-state index contributed by atoms with van der Waals surface area (Å²) >= 11 is 3.95. The van der Waals surface area contributed by atoms with Gasteiger partial charge in [0.15, 0.2) is 0 Å². The van der Waals surface area contributed by atoms with Gasteiger partial charge in [-0.3, -0.25) is 0 Å². The largest absolute Gasteiger partial charge is 0.374 e. The molecule has 52 heavy (non-hydrogen) atoms. The highest BCUT2D eigenvalue weighted by Crippen LogP contribution is 2.54. The number of aryl methyl sites for hydroxylation is 1. The van der Waals surface area contributed by atoms with Crippen LogP contribution >= 0.6 is 22.7 Å². The molecule has 2 nitrogen and oxygen atoms in total. The molecule has 2 aliphatic heterocycles. The van der Waals surface area contributed by atoms with Gasteiger partial charge in [0.25, 0.3) is 0 Å². The number of anilines is 3. The van der Waals surface area contributed by atoms with E-state index in [2.05, 4.69) is 153 Å². The Hall–Kier alpha value is -4.84. The van der Waals surface area contributed by atoms with Crippen LogP contribution in [0.15, 0.2) is 109 Å². The van der Waals surface area contributed by atoms with Crippen LogP contribution in [0.25, 0.3) is 63.2 Å². The van der Waals surface area contributed by atoms with Gasteiger partial charge in [0, 0.05) is 52.5 Å². The normalized spacial score (nSPS) is 16.6. The second-order valence-electron chi connectivity index (χ2n) is 16.8. The number of hydrogen-bond donors (Lipinski definition) is 0. The van der Waals surface area contributed by atoms with E-state index in [1.54, 1.807) is 0 Å². The van der Waals surface area contributed by atoms with Crippen molar-refractivity contribution >= 4 is 109 Å². The molecule has 5 heterocycles. The number of hydrogen-bond acceptors (Lipinski definition) is 3. The molecule has 0 unspecified atom stereocenters. The molecule has 0 fully saturated rings. The quantitative estimate of drug-likeness (QED) is 0.154. The second kappa shape index (κ2) is 9.77. The van der Waals surface area contributed by atoms with Crippen LogP contribution in [0.3, 0.4) is 0 Å². The van der Waals surface area contributed by atoms with Gasteiger partial charge in [0.1, 0.15) is 0 Å². The molecule has 0 amide bonds. The molecular formula is C47H37BN2S2. The minimum absolute atomic E-state index is 0.0551. The van der Waals surface area contributed by atoms with Crippen molar-refractivity contribution in [3.63, 3.8) is 0 Å². The van der Waals surface area contributed by atoms with Crippen LogP contribution in [0.5, 0.6) is 0 Å². The smallest absolute Gasteiger partial charge is 0.343 e. The minimum Gasteiger partial charge on any atom is -0.374 e. The number of fused-ring (bicyclic) bond motifs is 14. The zero-order valence-electron chi connectivity index (χ0n) is 30.1. The van der Waals surface area contributed by atoms with Gasteiger partial charge in [0.05, 0.1) is 21.6 Å². The first-order chi connectivity index (χ1) is 25.2. The summed E-state index contributed by atoms with van der Waals surface area (Å²) in [4.78, 5) is 2.72. The molecule has 6 aromatic carbocycles. The Kier molecular flexibility index (Phi) is 5.58. The molecule has 0 saturated carbocycles. The molecule has 0 atom stereocenters. The maximum absolute atomic E-state index is 2.76. The summed E-state index contributed by atoms with van der Waals surface area (Å²) in [5, 5.41) is 6.68. The van der Waals surface area contributed by atoms with Crippen LogP contribution in [0.2, 0.25) is 0 Å². The van der Waals surface area contributed by atoms with Gasteiger partial charge in [-0.15, -0.1) is 22.7 Å². The molecule has 250 valence electrons. The lowest BCUT2D eigenvalue weighted by atomic mass is 9.48. The molecular weight excluding hydrogens is 667 g/mol. The highest BCUT2D eigenvalue weighted by molar-refractivity contribution is 7.32. The summed E-state index contributed by atoms with van der Waals surface area (Å²) in [5.41, 5.74) is 15.5. The van der Waals surface area contributed by atoms with E-state index in [-0.39, 0.29) is 17.7 Å². The van der Waals surface area contributed by atoms with Gasteiger partial charge in [-0.05, 0) is 88.0 Å². The van der Waals surface area contributed by atoms with E-state index >= 15 is 0 Å². The van der Waals surface area contributed by atoms with Crippen molar-refractivity contribution < 1.29 is 0 Å². The van der Waals surface area contributed by atoms with E-state index in [0.717, 1.165) is 0 Å². The Bertz CT molecular complexity index is 3060. The third-order valence-electron chi connectivity index (χ3n) is 12.9. The van der Waals surface area contributed by atoms with Crippen molar-refractivity contribution in [1.29, 1.82) is 0 Å². The molecule has 3 aliphatic rings. The van der Waals surface area contributed by atoms with Crippen molar-refractivity contribution in [1.82, 2.24) is 4.48 Å². The number of aromatic nitrogens is 1. The van der Waals surface area contributed by atoms with Gasteiger partial charge in [-0.25, -0.2) is 0 Å². The first-order valence-electron chi connectivity index (χ1n) is 18.7. The van der Waals surface area contributed by atoms with E-state index in [4.69, 9.17) is 0 Å². The number of benzene rings is 6. The van der Waals surface area contributed by atoms with Crippen molar-refractivity contribution in [2.24, 2.45) is 0 Å². The summed E-state index contributed by atoms with van der Waals surface area (Å²) in [5.74, 6) is 0. The monoisotopic (exact) mass is 704 g/mol. The highest BCUT2D eigenvalue weighted by Gasteiger charge is 2.47. The van der Waals surface area contributed by atoms with Crippen LogP contribution in [0, 0.1) is 6.92 Å². The molecule has 0 spiro atoms. The first kappa shape index (κ1) is 29.7. The molecule has 3 aromatic heterocycles. The molecule has 9 aromatic rings. The number of rotatable bonds is 1. The fourth-order valence-corrected chi connectivity index (χ4v) is 12.8. The van der Waals surface area contributed by atoms with Crippen LogP contribution in [0.4, 0.5) is 17.1 Å². The zero-order valence-corrected chi connectivity index (χ0v) is 31.7. The molecule has 0 bridgehead atoms. The molecule has 5 heteroatoms. The van der Waals surface area contributed by atoms with Gasteiger partial charge >= 0.3 is 6.85 Å². The van der Waals surface area contributed by atoms with Gasteiger partial charge in [0.2, 0.25) is 0 Å². The summed E-state index contributed by atoms with van der Waals surface area (Å²) < 4.78 is 8.30. The lowest BCUT2D eigenvalue weighted by Gasteiger charge is -2.44. The van der Waals surface area contributed by atoms with Crippen molar-refractivity contribution in [2.75, 3.05) is 4.90 Å². The summed E-state index contributed by atoms with van der Waals surface area (Å²) in [6.45, 7) is 12.2. The Balaban J connectivity index is 1.29. The Morgan fingerprint density at radius 1 is 0.596 bits per heavy atom. The lowest BCUT2D eigenvalue weighted by Crippen LogP contribution is -2.55.